The molecule has 4 aromatic rings. The lowest BCUT2D eigenvalue weighted by atomic mass is 9.84. The van der Waals surface area contributed by atoms with Gasteiger partial charge >= 0.3 is 0 Å². The SMILES string of the molecule is OC1(c2ccc(-c3ccc(Br)cc3)cc2)c2ccccc2-c2ccccc21. The number of fused-ring (bicyclic) bond motifs is 3. The van der Waals surface area contributed by atoms with Crippen LogP contribution in [-0.4, -0.2) is 5.11 Å². The largest absolute Gasteiger partial charge is 0.376 e. The van der Waals surface area contributed by atoms with Crippen molar-refractivity contribution in [1.29, 1.82) is 0 Å². The van der Waals surface area contributed by atoms with Crippen LogP contribution in [0.2, 0.25) is 0 Å². The first-order chi connectivity index (χ1) is 13.2. The summed E-state index contributed by atoms with van der Waals surface area (Å²) in [5.74, 6) is 0. The fourth-order valence-corrected chi connectivity index (χ4v) is 4.33. The highest BCUT2D eigenvalue weighted by atomic mass is 79.9. The Kier molecular flexibility index (Phi) is 3.78. The van der Waals surface area contributed by atoms with Crippen LogP contribution in [0.4, 0.5) is 0 Å². The normalized spacial score (nSPS) is 13.9. The van der Waals surface area contributed by atoms with Crippen LogP contribution in [0.1, 0.15) is 16.7 Å². The summed E-state index contributed by atoms with van der Waals surface area (Å²) in [4.78, 5) is 0. The van der Waals surface area contributed by atoms with E-state index < -0.39 is 5.60 Å². The predicted octanol–water partition coefficient (Wildman–Crippen LogP) is 6.38. The fourth-order valence-electron chi connectivity index (χ4n) is 4.07. The molecule has 0 saturated carbocycles. The first-order valence-corrected chi connectivity index (χ1v) is 9.75. The van der Waals surface area contributed by atoms with Gasteiger partial charge in [0, 0.05) is 15.6 Å². The molecule has 0 unspecified atom stereocenters. The van der Waals surface area contributed by atoms with Gasteiger partial charge in [0.2, 0.25) is 0 Å². The highest BCUT2D eigenvalue weighted by molar-refractivity contribution is 9.10. The van der Waals surface area contributed by atoms with E-state index >= 15 is 0 Å². The first kappa shape index (κ1) is 16.5. The molecule has 1 aliphatic rings. The van der Waals surface area contributed by atoms with Crippen LogP contribution in [0.5, 0.6) is 0 Å². The zero-order valence-corrected chi connectivity index (χ0v) is 16.1. The molecule has 0 spiro atoms. The molecule has 27 heavy (non-hydrogen) atoms. The average Bonchev–Trinajstić information content (AvgIpc) is 2.99. The zero-order valence-electron chi connectivity index (χ0n) is 14.6. The Morgan fingerprint density at radius 3 is 1.52 bits per heavy atom. The lowest BCUT2D eigenvalue weighted by molar-refractivity contribution is 0.131. The maximum atomic E-state index is 11.9. The second-order valence-electron chi connectivity index (χ2n) is 6.89. The zero-order chi connectivity index (χ0) is 18.4. The van der Waals surface area contributed by atoms with Crippen molar-refractivity contribution in [3.63, 3.8) is 0 Å². The molecule has 5 rings (SSSR count). The first-order valence-electron chi connectivity index (χ1n) is 8.96. The van der Waals surface area contributed by atoms with E-state index in [9.17, 15) is 5.11 Å². The molecule has 0 fully saturated rings. The van der Waals surface area contributed by atoms with Crippen LogP contribution in [0.15, 0.2) is 102 Å². The molecule has 1 nitrogen and oxygen atoms in total. The molecule has 0 bridgehead atoms. The van der Waals surface area contributed by atoms with Crippen molar-refractivity contribution in [3.05, 3.63) is 118 Å². The van der Waals surface area contributed by atoms with Crippen LogP contribution in [0.3, 0.4) is 0 Å². The van der Waals surface area contributed by atoms with Gasteiger partial charge in [-0.3, -0.25) is 0 Å². The standard InChI is InChI=1S/C25H17BrO/c26-20-15-11-18(12-16-20)17-9-13-19(14-10-17)25(27)23-7-3-1-5-21(23)22-6-2-4-8-24(22)25/h1-16,27H. The Balaban J connectivity index is 1.65. The van der Waals surface area contributed by atoms with E-state index in [1.54, 1.807) is 0 Å². The van der Waals surface area contributed by atoms with Gasteiger partial charge in [-0.05, 0) is 39.9 Å². The van der Waals surface area contributed by atoms with Crippen LogP contribution >= 0.6 is 15.9 Å². The minimum Gasteiger partial charge on any atom is -0.376 e. The second kappa shape index (κ2) is 6.19. The topological polar surface area (TPSA) is 20.2 Å². The van der Waals surface area contributed by atoms with Crippen molar-refractivity contribution in [1.82, 2.24) is 0 Å². The van der Waals surface area contributed by atoms with E-state index in [-0.39, 0.29) is 0 Å². The number of hydrogen-bond acceptors (Lipinski definition) is 1. The van der Waals surface area contributed by atoms with Gasteiger partial charge in [-0.1, -0.05) is 101 Å². The second-order valence-corrected chi connectivity index (χ2v) is 7.80. The molecule has 0 amide bonds. The highest BCUT2D eigenvalue weighted by Crippen LogP contribution is 2.50. The summed E-state index contributed by atoms with van der Waals surface area (Å²) in [5, 5.41) is 11.9. The summed E-state index contributed by atoms with van der Waals surface area (Å²) in [5.41, 5.74) is 6.16. The number of halogens is 1. The molecule has 0 aromatic heterocycles. The monoisotopic (exact) mass is 412 g/mol. The van der Waals surface area contributed by atoms with E-state index in [2.05, 4.69) is 52.3 Å². The number of aliphatic hydroxyl groups is 1. The van der Waals surface area contributed by atoms with E-state index in [1.807, 2.05) is 60.7 Å². The Morgan fingerprint density at radius 1 is 0.556 bits per heavy atom. The average molecular weight is 413 g/mol. The van der Waals surface area contributed by atoms with E-state index in [4.69, 9.17) is 0 Å². The van der Waals surface area contributed by atoms with Gasteiger partial charge < -0.3 is 5.11 Å². The van der Waals surface area contributed by atoms with Gasteiger partial charge in [0.1, 0.15) is 5.60 Å². The summed E-state index contributed by atoms with van der Waals surface area (Å²) in [6, 6.07) is 32.8. The van der Waals surface area contributed by atoms with E-state index in [1.165, 1.54) is 0 Å². The molecule has 1 N–H and O–H groups in total. The molecule has 130 valence electrons. The molecular formula is C25H17BrO. The summed E-state index contributed by atoms with van der Waals surface area (Å²) in [6.07, 6.45) is 0. The van der Waals surface area contributed by atoms with Crippen LogP contribution in [0, 0.1) is 0 Å². The molecule has 0 radical (unpaired) electrons. The number of rotatable bonds is 2. The quantitative estimate of drug-likeness (QED) is 0.404. The van der Waals surface area contributed by atoms with Gasteiger partial charge in [-0.2, -0.15) is 0 Å². The Hall–Kier alpha value is -2.68. The van der Waals surface area contributed by atoms with Crippen molar-refractivity contribution < 1.29 is 5.11 Å². The summed E-state index contributed by atoms with van der Waals surface area (Å²) < 4.78 is 1.07. The third kappa shape index (κ3) is 2.48. The van der Waals surface area contributed by atoms with Crippen molar-refractivity contribution in [2.24, 2.45) is 0 Å². The third-order valence-electron chi connectivity index (χ3n) is 5.40. The van der Waals surface area contributed by atoms with Gasteiger partial charge in [0.25, 0.3) is 0 Å². The number of benzene rings is 4. The predicted molar refractivity (Wildman–Crippen MR) is 114 cm³/mol. The molecule has 0 atom stereocenters. The maximum absolute atomic E-state index is 11.9. The molecule has 0 saturated heterocycles. The van der Waals surface area contributed by atoms with Gasteiger partial charge in [0.15, 0.2) is 0 Å². The lowest BCUT2D eigenvalue weighted by Gasteiger charge is -2.26. The molecule has 1 aliphatic carbocycles. The molecule has 4 aromatic carbocycles. The Labute approximate surface area is 167 Å². The third-order valence-corrected chi connectivity index (χ3v) is 5.93. The minimum absolute atomic E-state index is 0.890. The van der Waals surface area contributed by atoms with E-state index in [0.717, 1.165) is 43.4 Å². The van der Waals surface area contributed by atoms with Gasteiger partial charge in [-0.15, -0.1) is 0 Å². The van der Waals surface area contributed by atoms with Crippen molar-refractivity contribution in [3.8, 4) is 22.3 Å². The molecule has 0 aliphatic heterocycles. The smallest absolute Gasteiger partial charge is 0.141 e. The Bertz CT molecular complexity index is 1080. The van der Waals surface area contributed by atoms with Crippen LogP contribution in [0.25, 0.3) is 22.3 Å². The molecular weight excluding hydrogens is 396 g/mol. The van der Waals surface area contributed by atoms with Crippen LogP contribution < -0.4 is 0 Å². The summed E-state index contributed by atoms with van der Waals surface area (Å²) in [7, 11) is 0. The Morgan fingerprint density at radius 2 is 1.00 bits per heavy atom. The van der Waals surface area contributed by atoms with Crippen molar-refractivity contribution in [2.45, 2.75) is 5.60 Å². The maximum Gasteiger partial charge on any atom is 0.141 e. The van der Waals surface area contributed by atoms with Crippen molar-refractivity contribution in [2.75, 3.05) is 0 Å². The summed E-state index contributed by atoms with van der Waals surface area (Å²) in [6.45, 7) is 0. The van der Waals surface area contributed by atoms with Gasteiger partial charge in [0.05, 0.1) is 0 Å². The molecule has 0 heterocycles. The van der Waals surface area contributed by atoms with Gasteiger partial charge in [-0.25, -0.2) is 0 Å². The summed E-state index contributed by atoms with van der Waals surface area (Å²) >= 11 is 3.48. The number of hydrogen-bond donors (Lipinski definition) is 1. The highest BCUT2D eigenvalue weighted by Gasteiger charge is 2.42. The van der Waals surface area contributed by atoms with Crippen molar-refractivity contribution >= 4 is 15.9 Å². The lowest BCUT2D eigenvalue weighted by Crippen LogP contribution is -2.26. The van der Waals surface area contributed by atoms with Crippen LogP contribution in [-0.2, 0) is 5.60 Å². The minimum atomic E-state index is -1.12. The fraction of sp³-hybridized carbons (Fsp3) is 0.0400. The van der Waals surface area contributed by atoms with E-state index in [0.29, 0.717) is 0 Å². The molecule has 2 heteroatoms.